The van der Waals surface area contributed by atoms with Gasteiger partial charge in [0, 0.05) is 24.4 Å². The van der Waals surface area contributed by atoms with Gasteiger partial charge in [-0.1, -0.05) is 34.6 Å². The molecule has 0 saturated carbocycles. The van der Waals surface area contributed by atoms with Crippen molar-refractivity contribution >= 4 is 11.8 Å². The van der Waals surface area contributed by atoms with E-state index < -0.39 is 0 Å². The molecule has 98 valence electrons. The number of hydrogen-bond acceptors (Lipinski definition) is 3. The van der Waals surface area contributed by atoms with Gasteiger partial charge in [-0.2, -0.15) is 0 Å². The van der Waals surface area contributed by atoms with Gasteiger partial charge >= 0.3 is 0 Å². The number of nitrogens with zero attached hydrogens (tertiary/aromatic N) is 1. The lowest BCUT2D eigenvalue weighted by atomic mass is 10.00. The van der Waals surface area contributed by atoms with Gasteiger partial charge in [0.2, 0.25) is 11.8 Å². The van der Waals surface area contributed by atoms with Crippen molar-refractivity contribution in [3.8, 4) is 0 Å². The molecule has 4 heteroatoms. The molecule has 0 radical (unpaired) electrons. The summed E-state index contributed by atoms with van der Waals surface area (Å²) in [5.74, 6) is -0.0545. The van der Waals surface area contributed by atoms with Gasteiger partial charge < -0.3 is 5.32 Å². The molecule has 0 bridgehead atoms. The first-order valence-electron chi connectivity index (χ1n) is 6.43. The third kappa shape index (κ3) is 3.28. The van der Waals surface area contributed by atoms with E-state index in [1.807, 2.05) is 13.8 Å². The summed E-state index contributed by atoms with van der Waals surface area (Å²) >= 11 is 0. The Hall–Kier alpha value is -0.900. The van der Waals surface area contributed by atoms with Gasteiger partial charge in [0.05, 0.1) is 0 Å². The highest BCUT2D eigenvalue weighted by Crippen LogP contribution is 2.25. The number of rotatable bonds is 5. The van der Waals surface area contributed by atoms with Gasteiger partial charge in [-0.05, 0) is 12.5 Å². The lowest BCUT2D eigenvalue weighted by Gasteiger charge is -2.21. The summed E-state index contributed by atoms with van der Waals surface area (Å²) in [6.07, 6.45) is 0. The third-order valence-corrected chi connectivity index (χ3v) is 3.43. The molecule has 4 nitrogen and oxygen atoms in total. The highest BCUT2D eigenvalue weighted by Gasteiger charge is 2.42. The Bertz CT molecular complexity index is 282. The molecule has 2 amide bonds. The van der Waals surface area contributed by atoms with Gasteiger partial charge in [0.15, 0.2) is 0 Å². The normalized spacial score (nSPS) is 27.1. The first kappa shape index (κ1) is 14.2. The summed E-state index contributed by atoms with van der Waals surface area (Å²) in [5.41, 5.74) is 0. The summed E-state index contributed by atoms with van der Waals surface area (Å²) in [6.45, 7) is 11.3. The van der Waals surface area contributed by atoms with Crippen molar-refractivity contribution in [3.05, 3.63) is 0 Å². The van der Waals surface area contributed by atoms with E-state index in [2.05, 4.69) is 26.1 Å². The fraction of sp³-hybridized carbons (Fsp3) is 0.846. The predicted octanol–water partition coefficient (Wildman–Crippen LogP) is 1.26. The van der Waals surface area contributed by atoms with Gasteiger partial charge in [-0.25, -0.2) is 0 Å². The molecule has 1 aliphatic rings. The molecular formula is C13H24N2O2. The number of hydrogen-bond donors (Lipinski definition) is 1. The lowest BCUT2D eigenvalue weighted by Crippen LogP contribution is -2.39. The van der Waals surface area contributed by atoms with Gasteiger partial charge in [0.1, 0.15) is 0 Å². The van der Waals surface area contributed by atoms with E-state index in [0.717, 1.165) is 6.54 Å². The van der Waals surface area contributed by atoms with E-state index in [-0.39, 0.29) is 23.7 Å². The Morgan fingerprint density at radius 1 is 1.12 bits per heavy atom. The van der Waals surface area contributed by atoms with Crippen molar-refractivity contribution in [1.29, 1.82) is 0 Å². The summed E-state index contributed by atoms with van der Waals surface area (Å²) in [5, 5.41) is 3.32. The largest absolute Gasteiger partial charge is 0.314 e. The fourth-order valence-electron chi connectivity index (χ4n) is 2.02. The topological polar surface area (TPSA) is 49.4 Å². The Kier molecular flexibility index (Phi) is 4.69. The minimum Gasteiger partial charge on any atom is -0.314 e. The maximum absolute atomic E-state index is 11.9. The summed E-state index contributed by atoms with van der Waals surface area (Å²) in [7, 11) is 0. The van der Waals surface area contributed by atoms with E-state index in [4.69, 9.17) is 0 Å². The van der Waals surface area contributed by atoms with Crippen LogP contribution in [0.25, 0.3) is 0 Å². The molecule has 0 aromatic carbocycles. The van der Waals surface area contributed by atoms with Crippen molar-refractivity contribution < 1.29 is 9.59 Å². The maximum atomic E-state index is 11.9. The van der Waals surface area contributed by atoms with E-state index in [1.54, 1.807) is 0 Å². The van der Waals surface area contributed by atoms with Gasteiger partial charge in [0.25, 0.3) is 0 Å². The van der Waals surface area contributed by atoms with Crippen LogP contribution < -0.4 is 5.32 Å². The second kappa shape index (κ2) is 5.63. The molecule has 1 saturated heterocycles. The number of imide groups is 1. The molecule has 0 aromatic rings. The number of carbonyl (C=O) groups excluding carboxylic acids is 2. The number of amides is 2. The van der Waals surface area contributed by atoms with Crippen LogP contribution in [0.3, 0.4) is 0 Å². The van der Waals surface area contributed by atoms with E-state index >= 15 is 0 Å². The standard InChI is InChI=1S/C13H24N2O2/c1-8(2)14-6-9(3)7-15-12(16)10(4)11(5)13(15)17/h8-11,14H,6-7H2,1-5H3. The highest BCUT2D eigenvalue weighted by atomic mass is 16.2. The van der Waals surface area contributed by atoms with Crippen LogP contribution in [-0.2, 0) is 9.59 Å². The molecule has 1 rings (SSSR count). The summed E-state index contributed by atoms with van der Waals surface area (Å²) in [6, 6.07) is 0.431. The predicted molar refractivity (Wildman–Crippen MR) is 67.4 cm³/mol. The van der Waals surface area contributed by atoms with Crippen LogP contribution in [0.5, 0.6) is 0 Å². The zero-order chi connectivity index (χ0) is 13.2. The fourth-order valence-corrected chi connectivity index (χ4v) is 2.02. The summed E-state index contributed by atoms with van der Waals surface area (Å²) < 4.78 is 0. The second-order valence-electron chi connectivity index (χ2n) is 5.53. The van der Waals surface area contributed by atoms with Crippen LogP contribution in [0.4, 0.5) is 0 Å². The molecule has 3 atom stereocenters. The highest BCUT2D eigenvalue weighted by molar-refractivity contribution is 6.04. The van der Waals surface area contributed by atoms with Crippen LogP contribution in [0, 0.1) is 17.8 Å². The Labute approximate surface area is 104 Å². The first-order valence-corrected chi connectivity index (χ1v) is 6.43. The maximum Gasteiger partial charge on any atom is 0.232 e. The molecule has 1 N–H and O–H groups in total. The number of nitrogens with one attached hydrogen (secondary N) is 1. The average molecular weight is 240 g/mol. The van der Waals surface area contributed by atoms with Crippen molar-refractivity contribution in [3.63, 3.8) is 0 Å². The van der Waals surface area contributed by atoms with Crippen LogP contribution in [0.2, 0.25) is 0 Å². The Morgan fingerprint density at radius 2 is 1.59 bits per heavy atom. The van der Waals surface area contributed by atoms with Crippen molar-refractivity contribution in [1.82, 2.24) is 10.2 Å². The minimum absolute atomic E-state index is 0.0149. The lowest BCUT2D eigenvalue weighted by molar-refractivity contribution is -0.140. The smallest absolute Gasteiger partial charge is 0.232 e. The van der Waals surface area contributed by atoms with Gasteiger partial charge in [-0.15, -0.1) is 0 Å². The van der Waals surface area contributed by atoms with Gasteiger partial charge in [-0.3, -0.25) is 14.5 Å². The zero-order valence-electron chi connectivity index (χ0n) is 11.5. The number of likely N-dealkylation sites (tertiary alicyclic amines) is 1. The Balaban J connectivity index is 2.51. The van der Waals surface area contributed by atoms with E-state index in [9.17, 15) is 9.59 Å². The molecule has 1 fully saturated rings. The van der Waals surface area contributed by atoms with E-state index in [0.29, 0.717) is 18.5 Å². The molecule has 0 spiro atoms. The first-order chi connectivity index (χ1) is 7.84. The molecular weight excluding hydrogens is 216 g/mol. The van der Waals surface area contributed by atoms with Crippen LogP contribution in [-0.4, -0.2) is 35.8 Å². The second-order valence-corrected chi connectivity index (χ2v) is 5.53. The molecule has 1 heterocycles. The van der Waals surface area contributed by atoms with Crippen molar-refractivity contribution in [2.75, 3.05) is 13.1 Å². The molecule has 3 unspecified atom stereocenters. The zero-order valence-corrected chi connectivity index (χ0v) is 11.5. The van der Waals surface area contributed by atoms with Crippen LogP contribution >= 0.6 is 0 Å². The summed E-state index contributed by atoms with van der Waals surface area (Å²) in [4.78, 5) is 25.2. The minimum atomic E-state index is -0.159. The van der Waals surface area contributed by atoms with Crippen LogP contribution in [0.1, 0.15) is 34.6 Å². The van der Waals surface area contributed by atoms with Crippen molar-refractivity contribution in [2.24, 2.45) is 17.8 Å². The van der Waals surface area contributed by atoms with Crippen molar-refractivity contribution in [2.45, 2.75) is 40.7 Å². The number of carbonyl (C=O) groups is 2. The Morgan fingerprint density at radius 3 is 2.00 bits per heavy atom. The molecule has 1 aliphatic heterocycles. The molecule has 0 aliphatic carbocycles. The quantitative estimate of drug-likeness (QED) is 0.736. The molecule has 0 aromatic heterocycles. The SMILES string of the molecule is CC(CNC(C)C)CN1C(=O)C(C)C(C)C1=O. The molecule has 17 heavy (non-hydrogen) atoms. The third-order valence-electron chi connectivity index (χ3n) is 3.43. The van der Waals surface area contributed by atoms with E-state index in [1.165, 1.54) is 4.90 Å². The average Bonchev–Trinajstić information content (AvgIpc) is 2.44. The van der Waals surface area contributed by atoms with Crippen LogP contribution in [0.15, 0.2) is 0 Å². The monoisotopic (exact) mass is 240 g/mol.